The van der Waals surface area contributed by atoms with Gasteiger partial charge in [0.1, 0.15) is 5.82 Å². The first kappa shape index (κ1) is 13.3. The lowest BCUT2D eigenvalue weighted by atomic mass is 10.2. The number of hydrogen-bond acceptors (Lipinski definition) is 4. The van der Waals surface area contributed by atoms with Crippen molar-refractivity contribution < 1.29 is 9.53 Å². The Morgan fingerprint density at radius 1 is 1.72 bits per heavy atom. The number of carbonyl (C=O) groups is 1. The van der Waals surface area contributed by atoms with Crippen LogP contribution in [-0.4, -0.2) is 42.1 Å². The van der Waals surface area contributed by atoms with Crippen LogP contribution in [0.4, 0.5) is 5.82 Å². The first-order chi connectivity index (χ1) is 8.58. The number of likely N-dealkylation sites (N-methyl/N-ethyl adjacent to an activating group) is 1. The summed E-state index contributed by atoms with van der Waals surface area (Å²) in [4.78, 5) is 17.8. The van der Waals surface area contributed by atoms with Gasteiger partial charge in [-0.25, -0.2) is 4.98 Å². The molecule has 2 heterocycles. The average Bonchev–Trinajstić information content (AvgIpc) is 2.84. The van der Waals surface area contributed by atoms with Crippen LogP contribution >= 0.6 is 15.9 Å². The minimum absolute atomic E-state index is 0.128. The monoisotopic (exact) mass is 313 g/mol. The fourth-order valence-corrected chi connectivity index (χ4v) is 2.33. The number of amides is 1. The SMILES string of the molecule is CN(CC1CCCO1)C(=O)c1cc(Br)cnc1N. The number of nitrogens with zero attached hydrogens (tertiary/aromatic N) is 2. The second-order valence-electron chi connectivity index (χ2n) is 4.41. The van der Waals surface area contributed by atoms with Crippen LogP contribution in [-0.2, 0) is 4.74 Å². The molecule has 1 saturated heterocycles. The van der Waals surface area contributed by atoms with Crippen LogP contribution in [0.25, 0.3) is 0 Å². The van der Waals surface area contributed by atoms with E-state index >= 15 is 0 Å². The van der Waals surface area contributed by atoms with Crippen molar-refractivity contribution >= 4 is 27.7 Å². The zero-order chi connectivity index (χ0) is 13.1. The Hall–Kier alpha value is -1.14. The van der Waals surface area contributed by atoms with Gasteiger partial charge in [-0.05, 0) is 34.8 Å². The number of halogens is 1. The fraction of sp³-hybridized carbons (Fsp3) is 0.500. The molecule has 1 aliphatic heterocycles. The van der Waals surface area contributed by atoms with Crippen LogP contribution < -0.4 is 5.73 Å². The number of aromatic nitrogens is 1. The highest BCUT2D eigenvalue weighted by atomic mass is 79.9. The Morgan fingerprint density at radius 2 is 2.50 bits per heavy atom. The Morgan fingerprint density at radius 3 is 3.17 bits per heavy atom. The molecule has 1 aliphatic rings. The number of hydrogen-bond donors (Lipinski definition) is 1. The highest BCUT2D eigenvalue weighted by Crippen LogP contribution is 2.18. The predicted molar refractivity (Wildman–Crippen MR) is 72.3 cm³/mol. The Bertz CT molecular complexity index is 447. The second kappa shape index (κ2) is 5.67. The van der Waals surface area contributed by atoms with Crippen molar-refractivity contribution in [2.24, 2.45) is 0 Å². The van der Waals surface area contributed by atoms with Crippen LogP contribution in [0.3, 0.4) is 0 Å². The molecule has 5 nitrogen and oxygen atoms in total. The molecule has 2 N–H and O–H groups in total. The highest BCUT2D eigenvalue weighted by Gasteiger charge is 2.22. The molecule has 18 heavy (non-hydrogen) atoms. The largest absolute Gasteiger partial charge is 0.383 e. The van der Waals surface area contributed by atoms with Gasteiger partial charge in [-0.15, -0.1) is 0 Å². The molecule has 6 heteroatoms. The van der Waals surface area contributed by atoms with E-state index in [-0.39, 0.29) is 17.8 Å². The number of pyridine rings is 1. The zero-order valence-corrected chi connectivity index (χ0v) is 11.8. The molecule has 2 rings (SSSR count). The third-order valence-electron chi connectivity index (χ3n) is 2.96. The summed E-state index contributed by atoms with van der Waals surface area (Å²) in [6, 6.07) is 1.69. The second-order valence-corrected chi connectivity index (χ2v) is 5.32. The van der Waals surface area contributed by atoms with Gasteiger partial charge in [0.25, 0.3) is 5.91 Å². The van der Waals surface area contributed by atoms with Crippen molar-refractivity contribution in [3.05, 3.63) is 22.3 Å². The normalized spacial score (nSPS) is 18.9. The van der Waals surface area contributed by atoms with Gasteiger partial charge in [0.05, 0.1) is 11.7 Å². The quantitative estimate of drug-likeness (QED) is 0.921. The lowest BCUT2D eigenvalue weighted by Gasteiger charge is -2.21. The summed E-state index contributed by atoms with van der Waals surface area (Å²) in [5.41, 5.74) is 6.15. The van der Waals surface area contributed by atoms with E-state index in [1.54, 1.807) is 24.2 Å². The summed E-state index contributed by atoms with van der Waals surface area (Å²) in [5, 5.41) is 0. The first-order valence-electron chi connectivity index (χ1n) is 5.86. The topological polar surface area (TPSA) is 68.5 Å². The van der Waals surface area contributed by atoms with E-state index in [1.807, 2.05) is 0 Å². The highest BCUT2D eigenvalue weighted by molar-refractivity contribution is 9.10. The third-order valence-corrected chi connectivity index (χ3v) is 3.40. The zero-order valence-electron chi connectivity index (χ0n) is 10.2. The maximum atomic E-state index is 12.2. The van der Waals surface area contributed by atoms with Crippen LogP contribution in [0.1, 0.15) is 23.2 Å². The van der Waals surface area contributed by atoms with E-state index in [4.69, 9.17) is 10.5 Å². The lowest BCUT2D eigenvalue weighted by Crippen LogP contribution is -2.34. The van der Waals surface area contributed by atoms with Crippen LogP contribution in [0.15, 0.2) is 16.7 Å². The van der Waals surface area contributed by atoms with Gasteiger partial charge in [-0.3, -0.25) is 4.79 Å². The summed E-state index contributed by atoms with van der Waals surface area (Å²) in [6.07, 6.45) is 3.78. The van der Waals surface area contributed by atoms with Crippen LogP contribution in [0.2, 0.25) is 0 Å². The molecular formula is C12H16BrN3O2. The molecule has 0 aliphatic carbocycles. The molecule has 1 unspecified atom stereocenters. The van der Waals surface area contributed by atoms with Gasteiger partial charge < -0.3 is 15.4 Å². The van der Waals surface area contributed by atoms with Gasteiger partial charge in [0.15, 0.2) is 0 Å². The van der Waals surface area contributed by atoms with Crippen molar-refractivity contribution in [2.75, 3.05) is 25.9 Å². The van der Waals surface area contributed by atoms with Crippen molar-refractivity contribution in [1.29, 1.82) is 0 Å². The van der Waals surface area contributed by atoms with Gasteiger partial charge in [0, 0.05) is 30.9 Å². The maximum Gasteiger partial charge on any atom is 0.257 e. The molecule has 1 amide bonds. The fourth-order valence-electron chi connectivity index (χ4n) is 2.00. The van der Waals surface area contributed by atoms with E-state index in [9.17, 15) is 4.79 Å². The standard InChI is InChI=1S/C12H16BrN3O2/c1-16(7-9-3-2-4-18-9)12(17)10-5-8(13)6-15-11(10)14/h5-6,9H,2-4,7H2,1H3,(H2,14,15). The summed E-state index contributed by atoms with van der Waals surface area (Å²) in [7, 11) is 1.75. The molecule has 1 aromatic rings. The van der Waals surface area contributed by atoms with E-state index in [1.165, 1.54) is 0 Å². The van der Waals surface area contributed by atoms with E-state index in [2.05, 4.69) is 20.9 Å². The Kier molecular flexibility index (Phi) is 4.19. The molecule has 1 atom stereocenters. The third kappa shape index (κ3) is 3.00. The number of carbonyl (C=O) groups excluding carboxylic acids is 1. The molecule has 0 saturated carbocycles. The Labute approximate surface area is 114 Å². The van der Waals surface area contributed by atoms with Gasteiger partial charge in [-0.1, -0.05) is 0 Å². The van der Waals surface area contributed by atoms with Gasteiger partial charge in [-0.2, -0.15) is 0 Å². The predicted octanol–water partition coefficient (Wildman–Crippen LogP) is 1.68. The molecule has 1 fully saturated rings. The lowest BCUT2D eigenvalue weighted by molar-refractivity contribution is 0.0587. The van der Waals surface area contributed by atoms with Crippen LogP contribution in [0.5, 0.6) is 0 Å². The van der Waals surface area contributed by atoms with Gasteiger partial charge in [0.2, 0.25) is 0 Å². The van der Waals surface area contributed by atoms with Gasteiger partial charge >= 0.3 is 0 Å². The number of rotatable bonds is 3. The summed E-state index contributed by atoms with van der Waals surface area (Å²) < 4.78 is 6.25. The van der Waals surface area contributed by atoms with Crippen molar-refractivity contribution in [3.63, 3.8) is 0 Å². The Balaban J connectivity index is 2.07. The van der Waals surface area contributed by atoms with Crippen molar-refractivity contribution in [2.45, 2.75) is 18.9 Å². The number of ether oxygens (including phenoxy) is 1. The molecule has 0 aromatic carbocycles. The van der Waals surface area contributed by atoms with E-state index in [0.717, 1.165) is 23.9 Å². The molecule has 0 spiro atoms. The molecule has 0 bridgehead atoms. The van der Waals surface area contributed by atoms with Crippen LogP contribution in [0, 0.1) is 0 Å². The number of nitrogen functional groups attached to an aromatic ring is 1. The average molecular weight is 314 g/mol. The smallest absolute Gasteiger partial charge is 0.257 e. The summed E-state index contributed by atoms with van der Waals surface area (Å²) >= 11 is 3.29. The van der Waals surface area contributed by atoms with E-state index < -0.39 is 0 Å². The number of nitrogens with two attached hydrogens (primary N) is 1. The molecule has 1 aromatic heterocycles. The van der Waals surface area contributed by atoms with Crippen molar-refractivity contribution in [1.82, 2.24) is 9.88 Å². The first-order valence-corrected chi connectivity index (χ1v) is 6.65. The summed E-state index contributed by atoms with van der Waals surface area (Å²) in [5.74, 6) is 0.124. The molecular weight excluding hydrogens is 298 g/mol. The summed E-state index contributed by atoms with van der Waals surface area (Å²) in [6.45, 7) is 1.37. The maximum absolute atomic E-state index is 12.2. The van der Waals surface area contributed by atoms with Crippen molar-refractivity contribution in [3.8, 4) is 0 Å². The minimum Gasteiger partial charge on any atom is -0.383 e. The minimum atomic E-state index is -0.128. The number of anilines is 1. The molecule has 98 valence electrons. The van der Waals surface area contributed by atoms with E-state index in [0.29, 0.717) is 12.1 Å². The molecule has 0 radical (unpaired) electrons.